The van der Waals surface area contributed by atoms with Gasteiger partial charge in [0.05, 0.1) is 12.7 Å². The van der Waals surface area contributed by atoms with Crippen molar-refractivity contribution in [3.05, 3.63) is 36.7 Å². The van der Waals surface area contributed by atoms with Gasteiger partial charge in [-0.2, -0.15) is 5.10 Å². The molecule has 1 saturated carbocycles. The van der Waals surface area contributed by atoms with E-state index in [1.54, 1.807) is 29.1 Å². The highest BCUT2D eigenvalue weighted by atomic mass is 19.3. The second kappa shape index (κ2) is 7.47. The van der Waals surface area contributed by atoms with E-state index in [1.165, 1.54) is 0 Å². The van der Waals surface area contributed by atoms with Crippen LogP contribution in [0.25, 0.3) is 22.4 Å². The SMILES string of the molecule is Cn1cc(-c2ccc(-c3cc4c(nn3)N(C3CCC(F)(F)CC3)CCO4)c(O)c2)cn1. The van der Waals surface area contributed by atoms with Crippen LogP contribution in [0.3, 0.4) is 0 Å². The van der Waals surface area contributed by atoms with Gasteiger partial charge in [-0.25, -0.2) is 8.78 Å². The molecule has 0 bridgehead atoms. The van der Waals surface area contributed by atoms with Crippen molar-refractivity contribution in [2.24, 2.45) is 7.05 Å². The number of halogens is 2. The molecule has 0 amide bonds. The molecule has 31 heavy (non-hydrogen) atoms. The molecule has 0 unspecified atom stereocenters. The normalized spacial score (nSPS) is 18.5. The Labute approximate surface area is 178 Å². The van der Waals surface area contributed by atoms with Gasteiger partial charge in [-0.05, 0) is 30.5 Å². The first-order valence-corrected chi connectivity index (χ1v) is 10.4. The molecule has 1 aliphatic carbocycles. The fraction of sp³-hybridized carbons (Fsp3) is 0.409. The summed E-state index contributed by atoms with van der Waals surface area (Å²) in [5.41, 5.74) is 2.78. The number of benzene rings is 1. The Balaban J connectivity index is 1.41. The second-order valence-electron chi connectivity index (χ2n) is 8.18. The minimum Gasteiger partial charge on any atom is -0.507 e. The molecule has 162 valence electrons. The summed E-state index contributed by atoms with van der Waals surface area (Å²) in [6.07, 6.45) is 4.24. The lowest BCUT2D eigenvalue weighted by Gasteiger charge is -2.39. The number of aryl methyl sites for hydroxylation is 1. The molecule has 2 aliphatic rings. The van der Waals surface area contributed by atoms with E-state index in [1.807, 2.05) is 24.2 Å². The first-order valence-electron chi connectivity index (χ1n) is 10.4. The van der Waals surface area contributed by atoms with Gasteiger partial charge < -0.3 is 14.7 Å². The van der Waals surface area contributed by atoms with Crippen LogP contribution in [-0.2, 0) is 7.05 Å². The van der Waals surface area contributed by atoms with Crippen molar-refractivity contribution in [2.75, 3.05) is 18.1 Å². The number of hydrogen-bond acceptors (Lipinski definition) is 6. The van der Waals surface area contributed by atoms with Crippen molar-refractivity contribution < 1.29 is 18.6 Å². The molecule has 0 spiro atoms. The van der Waals surface area contributed by atoms with Crippen molar-refractivity contribution in [3.63, 3.8) is 0 Å². The van der Waals surface area contributed by atoms with Gasteiger partial charge >= 0.3 is 0 Å². The molecule has 7 nitrogen and oxygen atoms in total. The highest BCUT2D eigenvalue weighted by Crippen LogP contribution is 2.41. The number of hydrogen-bond donors (Lipinski definition) is 1. The lowest BCUT2D eigenvalue weighted by atomic mass is 9.91. The summed E-state index contributed by atoms with van der Waals surface area (Å²) in [5.74, 6) is -1.35. The van der Waals surface area contributed by atoms with Crippen molar-refractivity contribution in [1.82, 2.24) is 20.0 Å². The maximum atomic E-state index is 13.6. The van der Waals surface area contributed by atoms with Crippen molar-refractivity contribution in [3.8, 4) is 33.9 Å². The Bertz CT molecular complexity index is 1110. The quantitative estimate of drug-likeness (QED) is 0.680. The molecule has 1 fully saturated rings. The molecule has 1 aromatic carbocycles. The summed E-state index contributed by atoms with van der Waals surface area (Å²) in [6.45, 7) is 1.05. The van der Waals surface area contributed by atoms with Crippen molar-refractivity contribution in [2.45, 2.75) is 37.6 Å². The number of nitrogens with zero attached hydrogens (tertiary/aromatic N) is 5. The Kier molecular flexibility index (Phi) is 4.75. The number of phenolic OH excluding ortho intramolecular Hbond substituents is 1. The molecule has 2 aromatic heterocycles. The summed E-state index contributed by atoms with van der Waals surface area (Å²) in [6, 6.07) is 7.11. The lowest BCUT2D eigenvalue weighted by Crippen LogP contribution is -2.45. The smallest absolute Gasteiger partial charge is 0.248 e. The summed E-state index contributed by atoms with van der Waals surface area (Å²) in [5, 5.41) is 23.4. The first-order chi connectivity index (χ1) is 14.9. The minimum atomic E-state index is -2.57. The van der Waals surface area contributed by atoms with Gasteiger partial charge in [-0.3, -0.25) is 4.68 Å². The predicted octanol–water partition coefficient (Wildman–Crippen LogP) is 4.03. The number of phenols is 1. The van der Waals surface area contributed by atoms with E-state index in [9.17, 15) is 13.9 Å². The summed E-state index contributed by atoms with van der Waals surface area (Å²) in [4.78, 5) is 2.04. The van der Waals surface area contributed by atoms with E-state index in [0.717, 1.165) is 11.1 Å². The number of rotatable bonds is 3. The van der Waals surface area contributed by atoms with Crippen molar-refractivity contribution in [1.29, 1.82) is 0 Å². The summed E-state index contributed by atoms with van der Waals surface area (Å²) in [7, 11) is 1.84. The standard InChI is InChI=1S/C22H23F2N5O2/c1-28-13-15(12-25-28)14-2-3-17(19(30)10-14)18-11-20-21(27-26-18)29(8-9-31-20)16-4-6-22(23,24)7-5-16/h2-3,10-13,16,30H,4-9H2,1H3. The van der Waals surface area contributed by atoms with Crippen LogP contribution in [-0.4, -0.2) is 50.2 Å². The number of alkyl halides is 2. The summed E-state index contributed by atoms with van der Waals surface area (Å²) >= 11 is 0. The average Bonchev–Trinajstić information content (AvgIpc) is 3.19. The molecule has 0 radical (unpaired) electrons. The van der Waals surface area contributed by atoms with Crippen LogP contribution >= 0.6 is 0 Å². The van der Waals surface area contributed by atoms with Crippen LogP contribution in [0.5, 0.6) is 11.5 Å². The molecule has 1 aliphatic heterocycles. The zero-order valence-electron chi connectivity index (χ0n) is 17.1. The van der Waals surface area contributed by atoms with E-state index >= 15 is 0 Å². The number of fused-ring (bicyclic) bond motifs is 1. The van der Waals surface area contributed by atoms with Crippen LogP contribution in [0.1, 0.15) is 25.7 Å². The molecule has 3 aromatic rings. The Morgan fingerprint density at radius 3 is 2.65 bits per heavy atom. The third-order valence-corrected chi connectivity index (χ3v) is 6.04. The third-order valence-electron chi connectivity index (χ3n) is 6.04. The molecule has 0 atom stereocenters. The van der Waals surface area contributed by atoms with Gasteiger partial charge in [0.25, 0.3) is 0 Å². The highest BCUT2D eigenvalue weighted by molar-refractivity contribution is 5.75. The third kappa shape index (κ3) is 3.80. The lowest BCUT2D eigenvalue weighted by molar-refractivity contribution is -0.0384. The number of ether oxygens (including phenoxy) is 1. The molecule has 1 N–H and O–H groups in total. The number of aromatic nitrogens is 4. The molecule has 9 heteroatoms. The maximum absolute atomic E-state index is 13.6. The van der Waals surface area contributed by atoms with Crippen LogP contribution in [0, 0.1) is 0 Å². The number of aromatic hydroxyl groups is 1. The molecule has 5 rings (SSSR count). The van der Waals surface area contributed by atoms with Crippen LogP contribution < -0.4 is 9.64 Å². The van der Waals surface area contributed by atoms with Gasteiger partial charge in [0.2, 0.25) is 5.92 Å². The molecule has 3 heterocycles. The Hall–Kier alpha value is -3.23. The largest absolute Gasteiger partial charge is 0.507 e. The van der Waals surface area contributed by atoms with Gasteiger partial charge in [-0.15, -0.1) is 10.2 Å². The molecular formula is C22H23F2N5O2. The fourth-order valence-electron chi connectivity index (χ4n) is 4.35. The topological polar surface area (TPSA) is 76.3 Å². The van der Waals surface area contributed by atoms with E-state index < -0.39 is 5.92 Å². The summed E-state index contributed by atoms with van der Waals surface area (Å²) < 4.78 is 34.6. The van der Waals surface area contributed by atoms with Gasteiger partial charge in [0.15, 0.2) is 11.6 Å². The van der Waals surface area contributed by atoms with E-state index in [0.29, 0.717) is 48.8 Å². The highest BCUT2D eigenvalue weighted by Gasteiger charge is 2.38. The van der Waals surface area contributed by atoms with Crippen LogP contribution in [0.15, 0.2) is 36.7 Å². The molecule has 0 saturated heterocycles. The minimum absolute atomic E-state index is 0.00888. The van der Waals surface area contributed by atoms with Gasteiger partial charge in [0, 0.05) is 49.3 Å². The monoisotopic (exact) mass is 427 g/mol. The second-order valence-corrected chi connectivity index (χ2v) is 8.18. The first kappa shape index (κ1) is 19.7. The van der Waals surface area contributed by atoms with Gasteiger partial charge in [0.1, 0.15) is 18.1 Å². The molecular weight excluding hydrogens is 404 g/mol. The maximum Gasteiger partial charge on any atom is 0.248 e. The average molecular weight is 427 g/mol. The zero-order chi connectivity index (χ0) is 21.6. The van der Waals surface area contributed by atoms with Crippen molar-refractivity contribution >= 4 is 5.82 Å². The fourth-order valence-corrected chi connectivity index (χ4v) is 4.35. The Morgan fingerprint density at radius 2 is 1.94 bits per heavy atom. The van der Waals surface area contributed by atoms with Gasteiger partial charge in [-0.1, -0.05) is 6.07 Å². The van der Waals surface area contributed by atoms with E-state index in [2.05, 4.69) is 15.3 Å². The Morgan fingerprint density at radius 1 is 1.13 bits per heavy atom. The predicted molar refractivity (Wildman–Crippen MR) is 111 cm³/mol. The van der Waals surface area contributed by atoms with E-state index in [4.69, 9.17) is 4.74 Å². The zero-order valence-corrected chi connectivity index (χ0v) is 17.1. The van der Waals surface area contributed by atoms with Crippen LogP contribution in [0.4, 0.5) is 14.6 Å². The number of anilines is 1. The van der Waals surface area contributed by atoms with E-state index in [-0.39, 0.29) is 24.6 Å². The van der Waals surface area contributed by atoms with Crippen LogP contribution in [0.2, 0.25) is 0 Å².